The molecule has 0 saturated carbocycles. The van der Waals surface area contributed by atoms with Gasteiger partial charge in [-0.25, -0.2) is 14.4 Å². The Labute approximate surface area is 157 Å². The van der Waals surface area contributed by atoms with Crippen LogP contribution in [0.2, 0.25) is 0 Å². The second-order valence-corrected chi connectivity index (χ2v) is 7.40. The van der Waals surface area contributed by atoms with E-state index in [-0.39, 0.29) is 11.9 Å². The highest BCUT2D eigenvalue weighted by Gasteiger charge is 2.59. The van der Waals surface area contributed by atoms with Gasteiger partial charge in [0.2, 0.25) is 5.91 Å². The first-order valence-corrected chi connectivity index (χ1v) is 9.12. The number of carbonyl (C=O) groups is 2. The maximum Gasteiger partial charge on any atom is 0.266 e. The molecule has 2 aliphatic rings. The van der Waals surface area contributed by atoms with Gasteiger partial charge < -0.3 is 0 Å². The van der Waals surface area contributed by atoms with Gasteiger partial charge in [0.15, 0.2) is 6.10 Å². The van der Waals surface area contributed by atoms with Crippen LogP contribution in [0.3, 0.4) is 0 Å². The summed E-state index contributed by atoms with van der Waals surface area (Å²) < 4.78 is 13.2. The highest BCUT2D eigenvalue weighted by molar-refractivity contribution is 6.23. The van der Waals surface area contributed by atoms with Crippen LogP contribution in [0, 0.1) is 17.7 Å². The lowest BCUT2D eigenvalue weighted by atomic mass is 9.90. The molecule has 6 heteroatoms. The average molecular weight is 368 g/mol. The lowest BCUT2D eigenvalue weighted by molar-refractivity contribution is -0.126. The molecule has 2 aliphatic heterocycles. The summed E-state index contributed by atoms with van der Waals surface area (Å²) in [5.74, 6) is -1.36. The number of anilines is 2. The van der Waals surface area contributed by atoms with Crippen molar-refractivity contribution in [1.29, 1.82) is 0 Å². The predicted molar refractivity (Wildman–Crippen MR) is 99.4 cm³/mol. The van der Waals surface area contributed by atoms with Crippen molar-refractivity contribution in [3.63, 3.8) is 0 Å². The van der Waals surface area contributed by atoms with E-state index in [1.807, 2.05) is 30.3 Å². The molecule has 0 bridgehead atoms. The fraction of sp³-hybridized carbons (Fsp3) is 0.333. The number of benzene rings is 2. The van der Waals surface area contributed by atoms with Gasteiger partial charge in [0.25, 0.3) is 5.91 Å². The van der Waals surface area contributed by atoms with Gasteiger partial charge in [0, 0.05) is 0 Å². The molecule has 27 heavy (non-hydrogen) atoms. The second kappa shape index (κ2) is 6.78. The fourth-order valence-electron chi connectivity index (χ4n) is 3.89. The number of carbonyl (C=O) groups excluding carboxylic acids is 2. The number of nitrogens with zero attached hydrogens (tertiary/aromatic N) is 2. The molecular formula is C21H21FN2O3. The second-order valence-electron chi connectivity index (χ2n) is 7.40. The Bertz CT molecular complexity index is 853. The fourth-order valence-corrected chi connectivity index (χ4v) is 3.89. The molecule has 0 aromatic heterocycles. The van der Waals surface area contributed by atoms with E-state index in [1.165, 1.54) is 24.3 Å². The van der Waals surface area contributed by atoms with Crippen molar-refractivity contribution in [3.05, 3.63) is 60.4 Å². The minimum atomic E-state index is -0.855. The minimum Gasteiger partial charge on any atom is -0.273 e. The van der Waals surface area contributed by atoms with Gasteiger partial charge in [-0.3, -0.25) is 14.4 Å². The highest BCUT2D eigenvalue weighted by atomic mass is 19.1. The van der Waals surface area contributed by atoms with Crippen LogP contribution in [0.25, 0.3) is 0 Å². The Morgan fingerprint density at radius 3 is 2.26 bits per heavy atom. The van der Waals surface area contributed by atoms with Crippen LogP contribution in [0.5, 0.6) is 0 Å². The van der Waals surface area contributed by atoms with Gasteiger partial charge in [-0.2, -0.15) is 0 Å². The van der Waals surface area contributed by atoms with E-state index < -0.39 is 23.7 Å². The predicted octanol–water partition coefficient (Wildman–Crippen LogP) is 3.55. The summed E-state index contributed by atoms with van der Waals surface area (Å²) in [5, 5.41) is 1.72. The molecule has 2 saturated heterocycles. The lowest BCUT2D eigenvalue weighted by Gasteiger charge is -2.29. The molecule has 2 amide bonds. The maximum atomic E-state index is 13.2. The van der Waals surface area contributed by atoms with E-state index in [0.717, 1.165) is 10.6 Å². The molecule has 2 fully saturated rings. The van der Waals surface area contributed by atoms with Crippen molar-refractivity contribution in [3.8, 4) is 0 Å². The van der Waals surface area contributed by atoms with Crippen LogP contribution < -0.4 is 9.96 Å². The number of imide groups is 1. The van der Waals surface area contributed by atoms with E-state index in [0.29, 0.717) is 18.0 Å². The van der Waals surface area contributed by atoms with E-state index in [4.69, 9.17) is 4.84 Å². The third-order valence-corrected chi connectivity index (χ3v) is 5.05. The number of hydrogen-bond acceptors (Lipinski definition) is 4. The maximum absolute atomic E-state index is 13.2. The summed E-state index contributed by atoms with van der Waals surface area (Å²) in [5.41, 5.74) is 1.20. The molecule has 0 N–H and O–H groups in total. The number of halogens is 1. The van der Waals surface area contributed by atoms with Crippen molar-refractivity contribution < 1.29 is 18.8 Å². The van der Waals surface area contributed by atoms with E-state index in [1.54, 1.807) is 5.06 Å². The molecule has 5 nitrogen and oxygen atoms in total. The van der Waals surface area contributed by atoms with E-state index in [2.05, 4.69) is 13.8 Å². The van der Waals surface area contributed by atoms with Crippen molar-refractivity contribution in [2.45, 2.75) is 32.4 Å². The molecular weight excluding hydrogens is 347 g/mol. The first kappa shape index (κ1) is 17.7. The number of fused-ring (bicyclic) bond motifs is 1. The van der Waals surface area contributed by atoms with Gasteiger partial charge >= 0.3 is 0 Å². The zero-order chi connectivity index (χ0) is 19.1. The smallest absolute Gasteiger partial charge is 0.266 e. The van der Waals surface area contributed by atoms with Gasteiger partial charge in [-0.1, -0.05) is 32.0 Å². The van der Waals surface area contributed by atoms with Crippen molar-refractivity contribution in [2.75, 3.05) is 9.96 Å². The largest absolute Gasteiger partial charge is 0.273 e. The van der Waals surface area contributed by atoms with Crippen LogP contribution in [0.1, 0.15) is 20.3 Å². The molecule has 0 aliphatic carbocycles. The third-order valence-electron chi connectivity index (χ3n) is 5.05. The number of amides is 2. The SMILES string of the molecule is CC(C)C[C@H]1[C@H]2C(=O)N(c3ccc(F)cc3)C(=O)[C@@H]2ON1c1ccccc1. The highest BCUT2D eigenvalue weighted by Crippen LogP contribution is 2.42. The summed E-state index contributed by atoms with van der Waals surface area (Å²) in [6, 6.07) is 14.6. The molecule has 0 unspecified atom stereocenters. The number of para-hydroxylation sites is 1. The van der Waals surface area contributed by atoms with Gasteiger partial charge in [-0.05, 0) is 48.7 Å². The first-order valence-electron chi connectivity index (χ1n) is 9.12. The standard InChI is InChI=1S/C21H21FN2O3/c1-13(2)12-17-18-19(27-24(17)16-6-4-3-5-7-16)21(26)23(20(18)25)15-10-8-14(22)9-11-15/h3-11,13,17-19H,12H2,1-2H3/t17-,18+,19+/m0/s1. The van der Waals surface area contributed by atoms with Crippen molar-refractivity contribution in [1.82, 2.24) is 0 Å². The molecule has 140 valence electrons. The summed E-state index contributed by atoms with van der Waals surface area (Å²) in [6.07, 6.45) is -0.140. The van der Waals surface area contributed by atoms with Gasteiger partial charge in [-0.15, -0.1) is 0 Å². The molecule has 3 atom stereocenters. The molecule has 2 aromatic carbocycles. The van der Waals surface area contributed by atoms with Crippen LogP contribution in [0.4, 0.5) is 15.8 Å². The van der Waals surface area contributed by atoms with Crippen molar-refractivity contribution >= 4 is 23.2 Å². The Hall–Kier alpha value is -2.73. The number of hydroxylamine groups is 1. The van der Waals surface area contributed by atoms with Gasteiger partial charge in [0.05, 0.1) is 23.3 Å². The van der Waals surface area contributed by atoms with Crippen LogP contribution in [-0.4, -0.2) is 24.0 Å². The minimum absolute atomic E-state index is 0.237. The normalized spacial score (nSPS) is 24.8. The van der Waals surface area contributed by atoms with Crippen LogP contribution >= 0.6 is 0 Å². The zero-order valence-electron chi connectivity index (χ0n) is 15.2. The molecule has 0 radical (unpaired) electrons. The molecule has 2 heterocycles. The van der Waals surface area contributed by atoms with E-state index in [9.17, 15) is 14.0 Å². The zero-order valence-corrected chi connectivity index (χ0v) is 15.2. The monoisotopic (exact) mass is 368 g/mol. The average Bonchev–Trinajstić information content (AvgIpc) is 3.13. The summed E-state index contributed by atoms with van der Waals surface area (Å²) in [7, 11) is 0. The van der Waals surface area contributed by atoms with E-state index >= 15 is 0 Å². The number of hydrogen-bond donors (Lipinski definition) is 0. The summed E-state index contributed by atoms with van der Waals surface area (Å²) in [6.45, 7) is 4.16. The molecule has 2 aromatic rings. The number of rotatable bonds is 4. The Morgan fingerprint density at radius 2 is 1.63 bits per heavy atom. The third kappa shape index (κ3) is 3.00. The topological polar surface area (TPSA) is 49.9 Å². The lowest BCUT2D eigenvalue weighted by Crippen LogP contribution is -2.41. The Morgan fingerprint density at radius 1 is 0.963 bits per heavy atom. The van der Waals surface area contributed by atoms with Crippen LogP contribution in [0.15, 0.2) is 54.6 Å². The van der Waals surface area contributed by atoms with Crippen molar-refractivity contribution in [2.24, 2.45) is 11.8 Å². The Balaban J connectivity index is 1.69. The first-order chi connectivity index (χ1) is 13.0. The summed E-state index contributed by atoms with van der Waals surface area (Å²) >= 11 is 0. The Kier molecular flexibility index (Phi) is 4.44. The molecule has 0 spiro atoms. The van der Waals surface area contributed by atoms with Crippen LogP contribution in [-0.2, 0) is 14.4 Å². The molecule has 4 rings (SSSR count). The quantitative estimate of drug-likeness (QED) is 0.775. The summed E-state index contributed by atoms with van der Waals surface area (Å²) in [4.78, 5) is 33.2. The van der Waals surface area contributed by atoms with Gasteiger partial charge in [0.1, 0.15) is 5.82 Å².